The second kappa shape index (κ2) is 4.41. The molecule has 0 aliphatic rings. The van der Waals surface area contributed by atoms with Crippen molar-refractivity contribution in [2.75, 3.05) is 0 Å². The van der Waals surface area contributed by atoms with Crippen LogP contribution in [0.1, 0.15) is 22.3 Å². The molecule has 14 heavy (non-hydrogen) atoms. The van der Waals surface area contributed by atoms with Crippen molar-refractivity contribution in [1.29, 1.82) is 0 Å². The third-order valence-electron chi connectivity index (χ3n) is 1.89. The largest absolute Gasteiger partial charge is 0.478 e. The van der Waals surface area contributed by atoms with Gasteiger partial charge in [-0.15, -0.1) is 0 Å². The fourth-order valence-electron chi connectivity index (χ4n) is 1.20. The minimum atomic E-state index is -0.981. The Balaban J connectivity index is 2.84. The first-order chi connectivity index (χ1) is 6.61. The van der Waals surface area contributed by atoms with Crippen molar-refractivity contribution >= 4 is 11.9 Å². The Kier molecular flexibility index (Phi) is 3.23. The summed E-state index contributed by atoms with van der Waals surface area (Å²) < 4.78 is 0. The standard InChI is InChI=1S/C10H11NO3/c11-9(12)6-5-7-3-1-2-4-8(7)10(13)14/h1-4H,5-6H2,(H2,11,12)(H,13,14). The molecule has 1 aromatic rings. The maximum atomic E-state index is 10.8. The Morgan fingerprint density at radius 2 is 1.93 bits per heavy atom. The fourth-order valence-corrected chi connectivity index (χ4v) is 1.20. The zero-order valence-corrected chi connectivity index (χ0v) is 7.56. The fraction of sp³-hybridized carbons (Fsp3) is 0.200. The minimum absolute atomic E-state index is 0.171. The Bertz CT molecular complexity index is 360. The zero-order valence-electron chi connectivity index (χ0n) is 7.56. The van der Waals surface area contributed by atoms with E-state index in [4.69, 9.17) is 10.8 Å². The van der Waals surface area contributed by atoms with Gasteiger partial charge in [0.25, 0.3) is 0 Å². The van der Waals surface area contributed by atoms with E-state index in [1.165, 1.54) is 6.07 Å². The quantitative estimate of drug-likeness (QED) is 0.742. The number of rotatable bonds is 4. The Morgan fingerprint density at radius 1 is 1.29 bits per heavy atom. The number of carbonyl (C=O) groups excluding carboxylic acids is 1. The highest BCUT2D eigenvalue weighted by Gasteiger charge is 2.08. The summed E-state index contributed by atoms with van der Waals surface area (Å²) in [6.07, 6.45) is 0.544. The van der Waals surface area contributed by atoms with Crippen molar-refractivity contribution in [3.8, 4) is 0 Å². The summed E-state index contributed by atoms with van der Waals surface area (Å²) in [5, 5.41) is 8.81. The summed E-state index contributed by atoms with van der Waals surface area (Å²) in [5.74, 6) is -1.41. The van der Waals surface area contributed by atoms with Gasteiger partial charge in [-0.05, 0) is 18.1 Å². The van der Waals surface area contributed by atoms with Gasteiger partial charge in [0.2, 0.25) is 5.91 Å². The molecule has 0 saturated heterocycles. The topological polar surface area (TPSA) is 80.4 Å². The van der Waals surface area contributed by atoms with Gasteiger partial charge in [-0.3, -0.25) is 4.79 Å². The summed E-state index contributed by atoms with van der Waals surface area (Å²) in [6, 6.07) is 6.59. The van der Waals surface area contributed by atoms with E-state index < -0.39 is 11.9 Å². The van der Waals surface area contributed by atoms with Crippen molar-refractivity contribution in [2.45, 2.75) is 12.8 Å². The molecule has 74 valence electrons. The van der Waals surface area contributed by atoms with Gasteiger partial charge in [0.05, 0.1) is 5.56 Å². The predicted molar refractivity (Wildman–Crippen MR) is 50.9 cm³/mol. The minimum Gasteiger partial charge on any atom is -0.478 e. The number of benzene rings is 1. The van der Waals surface area contributed by atoms with Crippen LogP contribution in [-0.2, 0) is 11.2 Å². The zero-order chi connectivity index (χ0) is 10.6. The molecule has 4 heteroatoms. The molecule has 0 unspecified atom stereocenters. The molecule has 0 radical (unpaired) electrons. The monoisotopic (exact) mass is 193 g/mol. The van der Waals surface area contributed by atoms with E-state index in [1.54, 1.807) is 18.2 Å². The average Bonchev–Trinajstić information content (AvgIpc) is 2.15. The molecule has 0 spiro atoms. The lowest BCUT2D eigenvalue weighted by atomic mass is 10.0. The Labute approximate surface area is 81.3 Å². The van der Waals surface area contributed by atoms with Crippen LogP contribution in [0.3, 0.4) is 0 Å². The van der Waals surface area contributed by atoms with Crippen LogP contribution < -0.4 is 5.73 Å². The van der Waals surface area contributed by atoms with Gasteiger partial charge in [-0.25, -0.2) is 4.79 Å². The molecular formula is C10H11NO3. The summed E-state index contributed by atoms with van der Waals surface area (Å²) in [7, 11) is 0. The van der Waals surface area contributed by atoms with E-state index in [1.807, 2.05) is 0 Å². The first kappa shape index (κ1) is 10.2. The molecular weight excluding hydrogens is 182 g/mol. The summed E-state index contributed by atoms with van der Waals surface area (Å²) in [5.41, 5.74) is 5.85. The van der Waals surface area contributed by atoms with Crippen molar-refractivity contribution < 1.29 is 14.7 Å². The SMILES string of the molecule is NC(=O)CCc1ccccc1C(=O)O. The number of amides is 1. The molecule has 1 aromatic carbocycles. The second-order valence-corrected chi connectivity index (χ2v) is 2.93. The first-order valence-corrected chi connectivity index (χ1v) is 4.20. The van der Waals surface area contributed by atoms with Crippen LogP contribution in [0.15, 0.2) is 24.3 Å². The lowest BCUT2D eigenvalue weighted by Crippen LogP contribution is -2.12. The number of hydrogen-bond donors (Lipinski definition) is 2. The van der Waals surface area contributed by atoms with E-state index in [-0.39, 0.29) is 12.0 Å². The van der Waals surface area contributed by atoms with Crippen molar-refractivity contribution in [1.82, 2.24) is 0 Å². The van der Waals surface area contributed by atoms with Gasteiger partial charge >= 0.3 is 5.97 Å². The maximum absolute atomic E-state index is 10.8. The molecule has 0 saturated carbocycles. The third kappa shape index (κ3) is 2.58. The van der Waals surface area contributed by atoms with Gasteiger partial charge in [-0.2, -0.15) is 0 Å². The van der Waals surface area contributed by atoms with Crippen LogP contribution in [0.25, 0.3) is 0 Å². The highest BCUT2D eigenvalue weighted by molar-refractivity contribution is 5.89. The molecule has 3 N–H and O–H groups in total. The van der Waals surface area contributed by atoms with Crippen LogP contribution in [0.4, 0.5) is 0 Å². The average molecular weight is 193 g/mol. The van der Waals surface area contributed by atoms with Gasteiger partial charge in [0.1, 0.15) is 0 Å². The van der Waals surface area contributed by atoms with Crippen molar-refractivity contribution in [2.24, 2.45) is 5.73 Å². The third-order valence-corrected chi connectivity index (χ3v) is 1.89. The number of primary amides is 1. The molecule has 0 aliphatic carbocycles. The Hall–Kier alpha value is -1.84. The molecule has 0 aromatic heterocycles. The van der Waals surface area contributed by atoms with E-state index >= 15 is 0 Å². The number of aromatic carboxylic acids is 1. The first-order valence-electron chi connectivity index (χ1n) is 4.20. The van der Waals surface area contributed by atoms with E-state index in [9.17, 15) is 9.59 Å². The van der Waals surface area contributed by atoms with E-state index in [2.05, 4.69) is 0 Å². The normalized spacial score (nSPS) is 9.71. The number of hydrogen-bond acceptors (Lipinski definition) is 2. The number of carbonyl (C=O) groups is 2. The second-order valence-electron chi connectivity index (χ2n) is 2.93. The summed E-state index contributed by atoms with van der Waals surface area (Å²) in [4.78, 5) is 21.3. The van der Waals surface area contributed by atoms with Gasteiger partial charge < -0.3 is 10.8 Å². The van der Waals surface area contributed by atoms with E-state index in [0.29, 0.717) is 12.0 Å². The highest BCUT2D eigenvalue weighted by atomic mass is 16.4. The number of nitrogens with two attached hydrogens (primary N) is 1. The highest BCUT2D eigenvalue weighted by Crippen LogP contribution is 2.10. The lowest BCUT2D eigenvalue weighted by Gasteiger charge is -2.03. The molecule has 0 fully saturated rings. The van der Waals surface area contributed by atoms with Crippen LogP contribution in [0.2, 0.25) is 0 Å². The number of aryl methyl sites for hydroxylation is 1. The molecule has 0 heterocycles. The lowest BCUT2D eigenvalue weighted by molar-refractivity contribution is -0.118. The summed E-state index contributed by atoms with van der Waals surface area (Å²) in [6.45, 7) is 0. The molecule has 4 nitrogen and oxygen atoms in total. The Morgan fingerprint density at radius 3 is 2.50 bits per heavy atom. The number of carboxylic acid groups (broad SMARTS) is 1. The molecule has 1 amide bonds. The maximum Gasteiger partial charge on any atom is 0.335 e. The van der Waals surface area contributed by atoms with Crippen LogP contribution in [0.5, 0.6) is 0 Å². The molecule has 0 aliphatic heterocycles. The van der Waals surface area contributed by atoms with Crippen LogP contribution in [-0.4, -0.2) is 17.0 Å². The van der Waals surface area contributed by atoms with Crippen LogP contribution >= 0.6 is 0 Å². The predicted octanol–water partition coefficient (Wildman–Crippen LogP) is 0.803. The van der Waals surface area contributed by atoms with Gasteiger partial charge in [0, 0.05) is 6.42 Å². The number of carboxylic acids is 1. The van der Waals surface area contributed by atoms with Crippen molar-refractivity contribution in [3.63, 3.8) is 0 Å². The summed E-state index contributed by atoms with van der Waals surface area (Å²) >= 11 is 0. The molecule has 0 atom stereocenters. The van der Waals surface area contributed by atoms with E-state index in [0.717, 1.165) is 0 Å². The van der Waals surface area contributed by atoms with Crippen molar-refractivity contribution in [3.05, 3.63) is 35.4 Å². The smallest absolute Gasteiger partial charge is 0.335 e. The molecule has 1 rings (SSSR count). The van der Waals surface area contributed by atoms with Gasteiger partial charge in [-0.1, -0.05) is 18.2 Å². The van der Waals surface area contributed by atoms with Gasteiger partial charge in [0.15, 0.2) is 0 Å². The van der Waals surface area contributed by atoms with Crippen LogP contribution in [0, 0.1) is 0 Å². The molecule has 0 bridgehead atoms.